The van der Waals surface area contributed by atoms with Crippen LogP contribution in [0.25, 0.3) is 0 Å². The van der Waals surface area contributed by atoms with E-state index in [9.17, 15) is 19.6 Å². The van der Waals surface area contributed by atoms with Crippen molar-refractivity contribution in [1.82, 2.24) is 4.90 Å². The van der Waals surface area contributed by atoms with Crippen LogP contribution in [0, 0.1) is 23.2 Å². The molecule has 0 aromatic heterocycles. The number of carbonyl (C=O) groups excluding carboxylic acids is 1. The molecular formula is C29H30ClFN2O2. The molecule has 1 aliphatic carbocycles. The maximum Gasteiger partial charge on any atom is 0.258 e. The Kier molecular flexibility index (Phi) is 7.44. The van der Waals surface area contributed by atoms with Gasteiger partial charge in [0.15, 0.2) is 5.60 Å². The van der Waals surface area contributed by atoms with Crippen molar-refractivity contribution in [3.05, 3.63) is 93.8 Å². The van der Waals surface area contributed by atoms with Crippen molar-refractivity contribution in [2.24, 2.45) is 11.8 Å². The number of benzene rings is 2. The molecule has 1 saturated heterocycles. The number of allylic oxidation sites excluding steroid dienone is 4. The molecule has 4 rings (SSSR count). The van der Waals surface area contributed by atoms with Gasteiger partial charge in [0, 0.05) is 19.5 Å². The first-order chi connectivity index (χ1) is 16.7. The Morgan fingerprint density at radius 2 is 2.03 bits per heavy atom. The summed E-state index contributed by atoms with van der Waals surface area (Å²) < 4.78 is 14.1. The van der Waals surface area contributed by atoms with Crippen molar-refractivity contribution < 1.29 is 14.3 Å². The fraction of sp³-hybridized carbons (Fsp3) is 0.379. The Morgan fingerprint density at radius 3 is 2.71 bits per heavy atom. The van der Waals surface area contributed by atoms with Crippen molar-refractivity contribution in [2.75, 3.05) is 13.1 Å². The predicted molar refractivity (Wildman–Crippen MR) is 135 cm³/mol. The van der Waals surface area contributed by atoms with Crippen molar-refractivity contribution in [3.63, 3.8) is 0 Å². The number of rotatable bonds is 6. The van der Waals surface area contributed by atoms with E-state index in [-0.39, 0.29) is 29.5 Å². The number of likely N-dealkylation sites (tertiary alicyclic amines) is 1. The van der Waals surface area contributed by atoms with Gasteiger partial charge in [-0.05, 0) is 73.8 Å². The van der Waals surface area contributed by atoms with Crippen molar-refractivity contribution in [3.8, 4) is 6.07 Å². The highest BCUT2D eigenvalue weighted by atomic mass is 35.5. The number of carbonyl (C=O) groups is 1. The third-order valence-electron chi connectivity index (χ3n) is 7.53. The van der Waals surface area contributed by atoms with E-state index < -0.39 is 5.60 Å². The molecule has 182 valence electrons. The molecule has 1 aliphatic heterocycles. The van der Waals surface area contributed by atoms with Crippen LogP contribution in [0.3, 0.4) is 0 Å². The van der Waals surface area contributed by atoms with Crippen LogP contribution in [0.4, 0.5) is 4.39 Å². The Bertz CT molecular complexity index is 1200. The number of hydrogen-bond donors (Lipinski definition) is 1. The molecule has 0 bridgehead atoms. The summed E-state index contributed by atoms with van der Waals surface area (Å²) in [5.74, 6) is -0.239. The van der Waals surface area contributed by atoms with E-state index in [4.69, 9.17) is 11.6 Å². The van der Waals surface area contributed by atoms with Crippen LogP contribution >= 0.6 is 11.6 Å². The number of hydrogen-bond acceptors (Lipinski definition) is 3. The smallest absolute Gasteiger partial charge is 0.258 e. The van der Waals surface area contributed by atoms with Crippen LogP contribution in [0.15, 0.2) is 72.1 Å². The second-order valence-electron chi connectivity index (χ2n) is 9.86. The molecule has 0 spiro atoms. The summed E-state index contributed by atoms with van der Waals surface area (Å²) in [5, 5.41) is 20.8. The van der Waals surface area contributed by atoms with Gasteiger partial charge in [0.1, 0.15) is 11.9 Å². The minimum absolute atomic E-state index is 0.0268. The highest BCUT2D eigenvalue weighted by Crippen LogP contribution is 2.42. The first kappa shape index (κ1) is 25.2. The number of nitriles is 1. The summed E-state index contributed by atoms with van der Waals surface area (Å²) in [6.45, 7) is 4.61. The van der Waals surface area contributed by atoms with Gasteiger partial charge in [0.05, 0.1) is 10.6 Å². The molecule has 4 atom stereocenters. The highest BCUT2D eigenvalue weighted by Gasteiger charge is 2.41. The van der Waals surface area contributed by atoms with E-state index >= 15 is 0 Å². The van der Waals surface area contributed by atoms with E-state index in [0.29, 0.717) is 42.1 Å². The number of nitrogens with zero attached hydrogens (tertiary/aromatic N) is 2. The van der Waals surface area contributed by atoms with E-state index in [1.165, 1.54) is 6.08 Å². The lowest BCUT2D eigenvalue weighted by Gasteiger charge is -2.31. The van der Waals surface area contributed by atoms with E-state index in [0.717, 1.165) is 17.6 Å². The molecular weight excluding hydrogens is 463 g/mol. The normalized spacial score (nSPS) is 22.6. The number of amides is 1. The van der Waals surface area contributed by atoms with Gasteiger partial charge in [-0.3, -0.25) is 4.79 Å². The summed E-state index contributed by atoms with van der Waals surface area (Å²) in [6.07, 6.45) is 5.22. The van der Waals surface area contributed by atoms with Crippen molar-refractivity contribution in [2.45, 2.75) is 44.6 Å². The molecule has 2 aromatic rings. The molecule has 0 radical (unpaired) electrons. The first-order valence-electron chi connectivity index (χ1n) is 12.0. The van der Waals surface area contributed by atoms with E-state index in [2.05, 4.69) is 6.07 Å². The molecule has 1 N–H and O–H groups in total. The maximum absolute atomic E-state index is 14.1. The molecule has 6 heteroatoms. The molecule has 1 heterocycles. The summed E-state index contributed by atoms with van der Waals surface area (Å²) in [5.41, 5.74) is 1.49. The third kappa shape index (κ3) is 5.34. The zero-order valence-electron chi connectivity index (χ0n) is 20.0. The summed E-state index contributed by atoms with van der Waals surface area (Å²) in [4.78, 5) is 15.1. The van der Waals surface area contributed by atoms with Gasteiger partial charge in [-0.1, -0.05) is 59.6 Å². The number of aliphatic hydroxyl groups is 1. The van der Waals surface area contributed by atoms with Gasteiger partial charge < -0.3 is 10.0 Å². The van der Waals surface area contributed by atoms with Gasteiger partial charge in [-0.15, -0.1) is 0 Å². The molecule has 1 amide bonds. The van der Waals surface area contributed by atoms with Crippen LogP contribution in [0.1, 0.15) is 55.7 Å². The minimum Gasteiger partial charge on any atom is -0.376 e. The zero-order chi connectivity index (χ0) is 25.2. The summed E-state index contributed by atoms with van der Waals surface area (Å²) in [7, 11) is 0. The monoisotopic (exact) mass is 492 g/mol. The topological polar surface area (TPSA) is 64.3 Å². The minimum atomic E-state index is -1.61. The van der Waals surface area contributed by atoms with Crippen LogP contribution in [-0.2, 0) is 10.4 Å². The molecule has 4 nitrogen and oxygen atoms in total. The molecule has 2 aliphatic rings. The standard InChI is InChI=1S/C29H30ClFN2O2/c1-19-8-11-25(31)14-23(19)15-26(20-9-10-21(17-32)27(30)16-20)22-12-13-33(18-22)28(34)29(2,35)24-6-4-3-5-7-24/h3-11,16,22-23,26,35H,12-15,18H2,1-2H3/t22-,23?,26?,29+/m0/s1. The van der Waals surface area contributed by atoms with Gasteiger partial charge in [-0.25, -0.2) is 4.39 Å². The molecule has 2 aromatic carbocycles. The number of halogens is 2. The Morgan fingerprint density at radius 1 is 1.29 bits per heavy atom. The fourth-order valence-corrected chi connectivity index (χ4v) is 5.58. The Hall–Kier alpha value is -2.94. The van der Waals surface area contributed by atoms with E-state index in [1.807, 2.05) is 43.3 Å². The molecule has 0 saturated carbocycles. The first-order valence-corrected chi connectivity index (χ1v) is 12.4. The van der Waals surface area contributed by atoms with Gasteiger partial charge in [0.25, 0.3) is 5.91 Å². The lowest BCUT2D eigenvalue weighted by Crippen LogP contribution is -2.44. The van der Waals surface area contributed by atoms with E-state index in [1.54, 1.807) is 30.0 Å². The van der Waals surface area contributed by atoms with Crippen LogP contribution in [0.2, 0.25) is 5.02 Å². The fourth-order valence-electron chi connectivity index (χ4n) is 5.35. The SMILES string of the molecule is CC1=CC=C(F)CC1CC(c1ccc(C#N)c(Cl)c1)[C@H]1CCN(C(=O)[C@](C)(O)c2ccccc2)C1. The van der Waals surface area contributed by atoms with Crippen molar-refractivity contribution in [1.29, 1.82) is 5.26 Å². The van der Waals surface area contributed by atoms with Gasteiger partial charge in [0.2, 0.25) is 0 Å². The predicted octanol–water partition coefficient (Wildman–Crippen LogP) is 6.26. The van der Waals surface area contributed by atoms with Crippen LogP contribution in [0.5, 0.6) is 0 Å². The lowest BCUT2D eigenvalue weighted by molar-refractivity contribution is -0.149. The third-order valence-corrected chi connectivity index (χ3v) is 7.84. The molecule has 2 unspecified atom stereocenters. The second-order valence-corrected chi connectivity index (χ2v) is 10.3. The Balaban J connectivity index is 1.59. The summed E-state index contributed by atoms with van der Waals surface area (Å²) >= 11 is 6.38. The largest absolute Gasteiger partial charge is 0.376 e. The summed E-state index contributed by atoms with van der Waals surface area (Å²) in [6, 6.07) is 16.6. The average molecular weight is 493 g/mol. The molecule has 1 fully saturated rings. The van der Waals surface area contributed by atoms with Crippen LogP contribution in [-0.4, -0.2) is 29.0 Å². The van der Waals surface area contributed by atoms with Crippen LogP contribution < -0.4 is 0 Å². The lowest BCUT2D eigenvalue weighted by atomic mass is 9.75. The van der Waals surface area contributed by atoms with Gasteiger partial charge in [-0.2, -0.15) is 5.26 Å². The quantitative estimate of drug-likeness (QED) is 0.517. The average Bonchev–Trinajstić information content (AvgIpc) is 3.34. The van der Waals surface area contributed by atoms with Gasteiger partial charge >= 0.3 is 0 Å². The Labute approximate surface area is 211 Å². The highest BCUT2D eigenvalue weighted by molar-refractivity contribution is 6.31. The maximum atomic E-state index is 14.1. The van der Waals surface area contributed by atoms with Crippen molar-refractivity contribution >= 4 is 17.5 Å². The second kappa shape index (κ2) is 10.4. The molecule has 35 heavy (non-hydrogen) atoms. The zero-order valence-corrected chi connectivity index (χ0v) is 20.8.